The molecule has 1 saturated heterocycles. The molecule has 0 saturated carbocycles. The van der Waals surface area contributed by atoms with E-state index in [1.807, 2.05) is 29.2 Å². The second-order valence-electron chi connectivity index (χ2n) is 7.72. The van der Waals surface area contributed by atoms with E-state index in [1.165, 1.54) is 11.3 Å². The lowest BCUT2D eigenvalue weighted by Gasteiger charge is -2.25. The highest BCUT2D eigenvalue weighted by molar-refractivity contribution is 5.95. The summed E-state index contributed by atoms with van der Waals surface area (Å²) in [7, 11) is 0. The largest absolute Gasteiger partial charge is 0.367 e. The van der Waals surface area contributed by atoms with Crippen molar-refractivity contribution in [3.63, 3.8) is 0 Å². The molecule has 2 aliphatic heterocycles. The molecule has 146 valence electrons. The summed E-state index contributed by atoms with van der Waals surface area (Å²) in [6.07, 6.45) is 2.98. The number of hydrogen-bond acceptors (Lipinski definition) is 3. The van der Waals surface area contributed by atoms with Gasteiger partial charge in [0.15, 0.2) is 0 Å². The van der Waals surface area contributed by atoms with Crippen molar-refractivity contribution in [2.24, 2.45) is 0 Å². The fourth-order valence-corrected chi connectivity index (χ4v) is 4.25. The van der Waals surface area contributed by atoms with Gasteiger partial charge >= 0.3 is 0 Å². The van der Waals surface area contributed by atoms with Crippen molar-refractivity contribution in [1.29, 1.82) is 0 Å². The molecular formula is C23H27N3O2. The third kappa shape index (κ3) is 3.88. The van der Waals surface area contributed by atoms with Gasteiger partial charge in [0.1, 0.15) is 0 Å². The summed E-state index contributed by atoms with van der Waals surface area (Å²) in [4.78, 5) is 28.3. The molecule has 28 heavy (non-hydrogen) atoms. The minimum Gasteiger partial charge on any atom is -0.367 e. The van der Waals surface area contributed by atoms with E-state index in [2.05, 4.69) is 41.4 Å². The van der Waals surface area contributed by atoms with Gasteiger partial charge in [0, 0.05) is 43.5 Å². The molecule has 0 bridgehead atoms. The quantitative estimate of drug-likeness (QED) is 0.842. The van der Waals surface area contributed by atoms with Crippen LogP contribution in [0.4, 0.5) is 11.4 Å². The van der Waals surface area contributed by atoms with Crippen LogP contribution in [-0.4, -0.2) is 37.5 Å². The lowest BCUT2D eigenvalue weighted by atomic mass is 10.1. The number of carbonyl (C=O) groups is 2. The molecule has 5 nitrogen and oxygen atoms in total. The van der Waals surface area contributed by atoms with E-state index in [9.17, 15) is 9.59 Å². The standard InChI is InChI=1S/C23H27N3O2/c1-17-15-19-5-2-3-6-21(19)25(17)14-12-24-22(27)16-18-8-10-20(11-9-18)26-13-4-7-23(26)28/h2-3,5-6,8-11,17H,4,7,12-16H2,1H3,(H,24,27). The maximum Gasteiger partial charge on any atom is 0.227 e. The van der Waals surface area contributed by atoms with Gasteiger partial charge in [-0.15, -0.1) is 0 Å². The normalized spacial score (nSPS) is 18.5. The Labute approximate surface area is 166 Å². The number of anilines is 2. The predicted molar refractivity (Wildman–Crippen MR) is 112 cm³/mol. The molecule has 1 N–H and O–H groups in total. The summed E-state index contributed by atoms with van der Waals surface area (Å²) < 4.78 is 0. The highest BCUT2D eigenvalue weighted by Gasteiger charge is 2.25. The molecule has 0 aliphatic carbocycles. The van der Waals surface area contributed by atoms with E-state index < -0.39 is 0 Å². The molecule has 4 rings (SSSR count). The van der Waals surface area contributed by atoms with Gasteiger partial charge in [0.25, 0.3) is 0 Å². The van der Waals surface area contributed by atoms with E-state index >= 15 is 0 Å². The van der Waals surface area contributed by atoms with Crippen LogP contribution in [0.2, 0.25) is 0 Å². The van der Waals surface area contributed by atoms with Gasteiger partial charge in [-0.2, -0.15) is 0 Å². The third-order valence-electron chi connectivity index (χ3n) is 5.71. The lowest BCUT2D eigenvalue weighted by Crippen LogP contribution is -2.38. The monoisotopic (exact) mass is 377 g/mol. The maximum absolute atomic E-state index is 12.3. The Hall–Kier alpha value is -2.82. The highest BCUT2D eigenvalue weighted by atomic mass is 16.2. The first-order chi connectivity index (χ1) is 13.6. The van der Waals surface area contributed by atoms with E-state index in [-0.39, 0.29) is 11.8 Å². The molecule has 0 spiro atoms. The fourth-order valence-electron chi connectivity index (χ4n) is 4.25. The Bertz CT molecular complexity index is 862. The zero-order chi connectivity index (χ0) is 19.5. The number of nitrogens with zero attached hydrogens (tertiary/aromatic N) is 2. The molecule has 2 aromatic carbocycles. The minimum absolute atomic E-state index is 0.0325. The summed E-state index contributed by atoms with van der Waals surface area (Å²) >= 11 is 0. The molecule has 0 aromatic heterocycles. The van der Waals surface area contributed by atoms with Gasteiger partial charge in [-0.1, -0.05) is 30.3 Å². The maximum atomic E-state index is 12.3. The van der Waals surface area contributed by atoms with E-state index in [0.717, 1.165) is 37.2 Å². The van der Waals surface area contributed by atoms with Crippen LogP contribution in [0.1, 0.15) is 30.9 Å². The molecule has 2 amide bonds. The van der Waals surface area contributed by atoms with Crippen LogP contribution in [0.3, 0.4) is 0 Å². The SMILES string of the molecule is CC1Cc2ccccc2N1CCNC(=O)Cc1ccc(N2CCCC2=O)cc1. The van der Waals surface area contributed by atoms with Crippen LogP contribution in [0.25, 0.3) is 0 Å². The van der Waals surface area contributed by atoms with Gasteiger partial charge in [-0.3, -0.25) is 9.59 Å². The Kier molecular flexibility index (Phi) is 5.33. The topological polar surface area (TPSA) is 52.7 Å². The summed E-state index contributed by atoms with van der Waals surface area (Å²) in [6.45, 7) is 4.48. The average Bonchev–Trinajstić information content (AvgIpc) is 3.25. The third-order valence-corrected chi connectivity index (χ3v) is 5.71. The van der Waals surface area contributed by atoms with Crippen LogP contribution in [-0.2, 0) is 22.4 Å². The highest BCUT2D eigenvalue weighted by Crippen LogP contribution is 2.31. The molecule has 2 heterocycles. The van der Waals surface area contributed by atoms with Crippen molar-refractivity contribution >= 4 is 23.2 Å². The summed E-state index contributed by atoms with van der Waals surface area (Å²) in [6, 6.07) is 16.7. The first-order valence-corrected chi connectivity index (χ1v) is 10.1. The molecule has 1 unspecified atom stereocenters. The number of benzene rings is 2. The van der Waals surface area contributed by atoms with Crippen LogP contribution in [0.15, 0.2) is 48.5 Å². The molecule has 1 atom stereocenters. The zero-order valence-electron chi connectivity index (χ0n) is 16.4. The lowest BCUT2D eigenvalue weighted by molar-refractivity contribution is -0.120. The summed E-state index contributed by atoms with van der Waals surface area (Å²) in [5, 5.41) is 3.04. The van der Waals surface area contributed by atoms with Gasteiger partial charge < -0.3 is 15.1 Å². The van der Waals surface area contributed by atoms with Gasteiger partial charge in [-0.05, 0) is 49.1 Å². The molecule has 0 radical (unpaired) electrons. The Morgan fingerprint density at radius 3 is 2.68 bits per heavy atom. The predicted octanol–water partition coefficient (Wildman–Crippen LogP) is 2.92. The van der Waals surface area contributed by atoms with Crippen molar-refractivity contribution in [3.05, 3.63) is 59.7 Å². The van der Waals surface area contributed by atoms with Gasteiger partial charge in [-0.25, -0.2) is 0 Å². The first-order valence-electron chi connectivity index (χ1n) is 10.1. The number of para-hydroxylation sites is 1. The smallest absolute Gasteiger partial charge is 0.227 e. The second-order valence-corrected chi connectivity index (χ2v) is 7.72. The number of hydrogen-bond donors (Lipinski definition) is 1. The van der Waals surface area contributed by atoms with Crippen LogP contribution in [0, 0.1) is 0 Å². The Morgan fingerprint density at radius 1 is 1.14 bits per heavy atom. The minimum atomic E-state index is 0.0325. The summed E-state index contributed by atoms with van der Waals surface area (Å²) in [5.74, 6) is 0.216. The Morgan fingerprint density at radius 2 is 1.93 bits per heavy atom. The molecule has 2 aliphatic rings. The molecular weight excluding hydrogens is 350 g/mol. The van der Waals surface area contributed by atoms with Crippen molar-refractivity contribution in [2.45, 2.75) is 38.6 Å². The van der Waals surface area contributed by atoms with Crippen molar-refractivity contribution in [3.8, 4) is 0 Å². The van der Waals surface area contributed by atoms with E-state index in [0.29, 0.717) is 25.4 Å². The summed E-state index contributed by atoms with van der Waals surface area (Å²) in [5.41, 5.74) is 4.57. The first kappa shape index (κ1) is 18.5. The van der Waals surface area contributed by atoms with Crippen LogP contribution >= 0.6 is 0 Å². The number of rotatable bonds is 6. The van der Waals surface area contributed by atoms with E-state index in [4.69, 9.17) is 0 Å². The number of nitrogens with one attached hydrogen (secondary N) is 1. The number of fused-ring (bicyclic) bond motifs is 1. The van der Waals surface area contributed by atoms with Crippen LogP contribution < -0.4 is 15.1 Å². The average molecular weight is 377 g/mol. The second kappa shape index (κ2) is 8.05. The van der Waals surface area contributed by atoms with Crippen LogP contribution in [0.5, 0.6) is 0 Å². The zero-order valence-corrected chi connectivity index (χ0v) is 16.4. The number of carbonyl (C=O) groups excluding carboxylic acids is 2. The van der Waals surface area contributed by atoms with Gasteiger partial charge in [0.2, 0.25) is 11.8 Å². The van der Waals surface area contributed by atoms with Crippen molar-refractivity contribution < 1.29 is 9.59 Å². The van der Waals surface area contributed by atoms with Gasteiger partial charge in [0.05, 0.1) is 6.42 Å². The Balaban J connectivity index is 1.26. The van der Waals surface area contributed by atoms with Crippen molar-refractivity contribution in [2.75, 3.05) is 29.4 Å². The molecule has 1 fully saturated rings. The van der Waals surface area contributed by atoms with E-state index in [1.54, 1.807) is 0 Å². The molecule has 5 heteroatoms. The molecule has 2 aromatic rings. The van der Waals surface area contributed by atoms with Crippen molar-refractivity contribution in [1.82, 2.24) is 5.32 Å². The fraction of sp³-hybridized carbons (Fsp3) is 0.391. The number of amides is 2.